The lowest BCUT2D eigenvalue weighted by atomic mass is 10.2. The van der Waals surface area contributed by atoms with Crippen LogP contribution in [0, 0.1) is 0 Å². The van der Waals surface area contributed by atoms with Crippen LogP contribution in [-0.4, -0.2) is 16.0 Å². The van der Waals surface area contributed by atoms with Gasteiger partial charge in [0.05, 0.1) is 5.56 Å². The number of aromatic nitrogens is 1. The van der Waals surface area contributed by atoms with Gasteiger partial charge in [-0.05, 0) is 6.07 Å². The van der Waals surface area contributed by atoms with E-state index in [1.807, 2.05) is 0 Å². The van der Waals surface area contributed by atoms with Gasteiger partial charge in [0.25, 0.3) is 5.91 Å². The van der Waals surface area contributed by atoms with E-state index in [9.17, 15) is 18.0 Å². The van der Waals surface area contributed by atoms with Crippen LogP contribution in [0.25, 0.3) is 0 Å². The molecular weight excluding hydrogens is 201 g/mol. The summed E-state index contributed by atoms with van der Waals surface area (Å²) in [4.78, 5) is 13.5. The fraction of sp³-hybridized carbons (Fsp3) is 0.143. The number of nitrogens with zero attached hydrogens (tertiary/aromatic N) is 1. The van der Waals surface area contributed by atoms with Gasteiger partial charge in [-0.2, -0.15) is 13.2 Å². The number of halogens is 3. The number of carbonyl (C=O) groups excluding carboxylic acids is 1. The van der Waals surface area contributed by atoms with Crippen molar-refractivity contribution in [2.45, 2.75) is 6.18 Å². The topological polar surface area (TPSA) is 76.2 Å². The molecule has 1 rings (SSSR count). The summed E-state index contributed by atoms with van der Waals surface area (Å²) in [7, 11) is 0. The Bertz CT molecular complexity index is 376. The van der Waals surface area contributed by atoms with Crippen molar-refractivity contribution >= 4 is 5.91 Å². The van der Waals surface area contributed by atoms with Crippen molar-refractivity contribution in [1.82, 2.24) is 4.98 Å². The normalized spacial score (nSPS) is 11.4. The minimum Gasteiger partial charge on any atom is -0.505 e. The number of hydrogen-bond donors (Lipinski definition) is 2. The highest BCUT2D eigenvalue weighted by molar-refractivity contribution is 5.95. The van der Waals surface area contributed by atoms with Gasteiger partial charge in [-0.25, -0.2) is 4.98 Å². The number of nitrogens with two attached hydrogens (primary N) is 1. The summed E-state index contributed by atoms with van der Waals surface area (Å²) in [6.45, 7) is 0. The molecule has 0 aliphatic heterocycles. The van der Waals surface area contributed by atoms with E-state index >= 15 is 0 Å². The lowest BCUT2D eigenvalue weighted by Gasteiger charge is -2.08. The Morgan fingerprint density at radius 3 is 2.50 bits per heavy atom. The standard InChI is InChI=1S/C7H5F3N2O2/c8-7(9,10)5-4(13)3(6(11)14)1-2-12-5/h1-2,13H,(H2,11,14). The van der Waals surface area contributed by atoms with Crippen molar-refractivity contribution in [2.24, 2.45) is 5.73 Å². The quantitative estimate of drug-likeness (QED) is 0.716. The predicted octanol–water partition coefficient (Wildman–Crippen LogP) is 0.905. The van der Waals surface area contributed by atoms with Crippen LogP contribution in [0.1, 0.15) is 16.1 Å². The molecule has 7 heteroatoms. The molecule has 1 heterocycles. The zero-order valence-electron chi connectivity index (χ0n) is 6.67. The summed E-state index contributed by atoms with van der Waals surface area (Å²) in [6.07, 6.45) is -4.06. The zero-order chi connectivity index (χ0) is 10.9. The van der Waals surface area contributed by atoms with Crippen LogP contribution < -0.4 is 5.73 Å². The summed E-state index contributed by atoms with van der Waals surface area (Å²) in [5.74, 6) is -2.39. The molecule has 4 nitrogen and oxygen atoms in total. The van der Waals surface area contributed by atoms with Gasteiger partial charge >= 0.3 is 6.18 Å². The van der Waals surface area contributed by atoms with Gasteiger partial charge in [0.1, 0.15) is 0 Å². The monoisotopic (exact) mass is 206 g/mol. The number of alkyl halides is 3. The van der Waals surface area contributed by atoms with Crippen LogP contribution in [0.15, 0.2) is 12.3 Å². The Kier molecular flexibility index (Phi) is 2.33. The maximum absolute atomic E-state index is 12.1. The first kappa shape index (κ1) is 10.3. The molecule has 0 saturated heterocycles. The first-order valence-electron chi connectivity index (χ1n) is 3.39. The van der Waals surface area contributed by atoms with Crippen molar-refractivity contribution in [3.63, 3.8) is 0 Å². The minimum atomic E-state index is -4.81. The molecule has 0 fully saturated rings. The zero-order valence-corrected chi connectivity index (χ0v) is 6.67. The van der Waals surface area contributed by atoms with E-state index in [1.165, 1.54) is 0 Å². The van der Waals surface area contributed by atoms with Gasteiger partial charge < -0.3 is 10.8 Å². The molecule has 14 heavy (non-hydrogen) atoms. The fourth-order valence-electron chi connectivity index (χ4n) is 0.860. The van der Waals surface area contributed by atoms with Crippen molar-refractivity contribution in [3.05, 3.63) is 23.5 Å². The predicted molar refractivity (Wildman–Crippen MR) is 39.4 cm³/mol. The molecule has 0 unspecified atom stereocenters. The van der Waals surface area contributed by atoms with E-state index in [0.717, 1.165) is 12.3 Å². The van der Waals surface area contributed by atoms with Crippen LogP contribution in [0.4, 0.5) is 13.2 Å². The summed E-state index contributed by atoms with van der Waals surface area (Å²) >= 11 is 0. The SMILES string of the molecule is NC(=O)c1ccnc(C(F)(F)F)c1O. The third kappa shape index (κ3) is 1.76. The Balaban J connectivity index is 3.35. The number of rotatable bonds is 1. The first-order valence-corrected chi connectivity index (χ1v) is 3.39. The largest absolute Gasteiger partial charge is 0.505 e. The Morgan fingerprint density at radius 1 is 1.50 bits per heavy atom. The highest BCUT2D eigenvalue weighted by Crippen LogP contribution is 2.35. The molecule has 0 aliphatic carbocycles. The number of hydrogen-bond acceptors (Lipinski definition) is 3. The average molecular weight is 206 g/mol. The van der Waals surface area contributed by atoms with Gasteiger partial charge in [0.15, 0.2) is 11.4 Å². The van der Waals surface area contributed by atoms with Gasteiger partial charge in [-0.3, -0.25) is 4.79 Å². The van der Waals surface area contributed by atoms with Gasteiger partial charge in [0, 0.05) is 6.20 Å². The number of primary amides is 1. The van der Waals surface area contributed by atoms with Crippen molar-refractivity contribution in [1.29, 1.82) is 0 Å². The van der Waals surface area contributed by atoms with Crippen molar-refractivity contribution in [3.8, 4) is 5.75 Å². The molecule has 0 spiro atoms. The smallest absolute Gasteiger partial charge is 0.437 e. The summed E-state index contributed by atoms with van der Waals surface area (Å²) < 4.78 is 36.4. The van der Waals surface area contributed by atoms with Gasteiger partial charge in [-0.1, -0.05) is 0 Å². The molecule has 3 N–H and O–H groups in total. The van der Waals surface area contributed by atoms with E-state index in [2.05, 4.69) is 4.98 Å². The van der Waals surface area contributed by atoms with E-state index < -0.39 is 29.1 Å². The molecular formula is C7H5F3N2O2. The molecule has 0 bridgehead atoms. The minimum absolute atomic E-state index is 0.604. The van der Waals surface area contributed by atoms with E-state index in [-0.39, 0.29) is 0 Å². The molecule has 0 radical (unpaired) electrons. The lowest BCUT2D eigenvalue weighted by molar-refractivity contribution is -0.142. The van der Waals surface area contributed by atoms with Crippen LogP contribution >= 0.6 is 0 Å². The van der Waals surface area contributed by atoms with Gasteiger partial charge in [0.2, 0.25) is 0 Å². The van der Waals surface area contributed by atoms with Crippen LogP contribution in [0.5, 0.6) is 5.75 Å². The Hall–Kier alpha value is -1.79. The molecule has 1 aromatic rings. The van der Waals surface area contributed by atoms with E-state index in [1.54, 1.807) is 0 Å². The third-order valence-corrected chi connectivity index (χ3v) is 1.46. The molecule has 0 aliphatic rings. The summed E-state index contributed by atoms with van der Waals surface area (Å²) in [5.41, 5.74) is 2.61. The van der Waals surface area contributed by atoms with Gasteiger partial charge in [-0.15, -0.1) is 0 Å². The maximum Gasteiger partial charge on any atom is 0.437 e. The second kappa shape index (κ2) is 3.17. The van der Waals surface area contributed by atoms with E-state index in [4.69, 9.17) is 10.8 Å². The van der Waals surface area contributed by atoms with Crippen molar-refractivity contribution < 1.29 is 23.1 Å². The van der Waals surface area contributed by atoms with Crippen molar-refractivity contribution in [2.75, 3.05) is 0 Å². The molecule has 0 atom stereocenters. The molecule has 76 valence electrons. The fourth-order valence-corrected chi connectivity index (χ4v) is 0.860. The lowest BCUT2D eigenvalue weighted by Crippen LogP contribution is -2.15. The molecule has 1 amide bonds. The third-order valence-electron chi connectivity index (χ3n) is 1.46. The number of carbonyl (C=O) groups is 1. The summed E-state index contributed by atoms with van der Waals surface area (Å²) in [5, 5.41) is 9.01. The van der Waals surface area contributed by atoms with Crippen LogP contribution in [0.2, 0.25) is 0 Å². The Labute approximate surface area is 76.2 Å². The number of pyridine rings is 1. The Morgan fingerprint density at radius 2 is 2.07 bits per heavy atom. The number of aromatic hydroxyl groups is 1. The average Bonchev–Trinajstić information content (AvgIpc) is 2.01. The second-order valence-electron chi connectivity index (χ2n) is 2.42. The number of amides is 1. The maximum atomic E-state index is 12.1. The van der Waals surface area contributed by atoms with Crippen LogP contribution in [0.3, 0.4) is 0 Å². The summed E-state index contributed by atoms with van der Waals surface area (Å²) in [6, 6.07) is 0.910. The van der Waals surface area contributed by atoms with E-state index in [0.29, 0.717) is 0 Å². The highest BCUT2D eigenvalue weighted by atomic mass is 19.4. The first-order chi connectivity index (χ1) is 6.34. The molecule has 0 aromatic carbocycles. The molecule has 1 aromatic heterocycles. The van der Waals surface area contributed by atoms with Crippen LogP contribution in [-0.2, 0) is 6.18 Å². The second-order valence-corrected chi connectivity index (χ2v) is 2.42. The highest BCUT2D eigenvalue weighted by Gasteiger charge is 2.37. The molecule has 0 saturated carbocycles.